The van der Waals surface area contributed by atoms with Gasteiger partial charge in [0.05, 0.1) is 25.4 Å². The van der Waals surface area contributed by atoms with E-state index < -0.39 is 78.5 Å². The minimum Gasteiger partial charge on any atom is -0.394 e. The summed E-state index contributed by atoms with van der Waals surface area (Å²) in [5, 5.41) is 55.1. The predicted molar refractivity (Wildman–Crippen MR) is 219 cm³/mol. The molecule has 1 aliphatic heterocycles. The van der Waals surface area contributed by atoms with Crippen LogP contribution in [0.15, 0.2) is 12.2 Å². The Morgan fingerprint density at radius 1 is 0.714 bits per heavy atom. The van der Waals surface area contributed by atoms with E-state index in [0.29, 0.717) is 12.8 Å². The van der Waals surface area contributed by atoms with Gasteiger partial charge in [-0.15, -0.1) is 0 Å². The molecule has 1 saturated heterocycles. The van der Waals surface area contributed by atoms with Gasteiger partial charge in [-0.25, -0.2) is 4.18 Å². The van der Waals surface area contributed by atoms with Gasteiger partial charge in [0.1, 0.15) is 30.5 Å². The smallest absolute Gasteiger partial charge is 0.394 e. The number of aliphatic hydroxyl groups is 5. The minimum absolute atomic E-state index is 0.248. The highest BCUT2D eigenvalue weighted by Gasteiger charge is 2.48. The van der Waals surface area contributed by atoms with Crippen molar-refractivity contribution in [2.24, 2.45) is 0 Å². The molecule has 0 radical (unpaired) electrons. The summed E-state index contributed by atoms with van der Waals surface area (Å²) in [6.07, 6.45) is 23.0. The molecule has 13 nitrogen and oxygen atoms in total. The van der Waals surface area contributed by atoms with Gasteiger partial charge in [-0.3, -0.25) is 9.35 Å². The van der Waals surface area contributed by atoms with Crippen molar-refractivity contribution in [3.05, 3.63) is 12.2 Å². The number of hydrogen-bond donors (Lipinski definition) is 7. The highest BCUT2D eigenvalue weighted by Crippen LogP contribution is 2.26. The summed E-state index contributed by atoms with van der Waals surface area (Å²) in [5.74, 6) is -0.701. The summed E-state index contributed by atoms with van der Waals surface area (Å²) in [6.45, 7) is 3.20. The summed E-state index contributed by atoms with van der Waals surface area (Å²) >= 11 is 0. The topological polar surface area (TPSA) is 212 Å². The summed E-state index contributed by atoms with van der Waals surface area (Å²) in [6, 6.07) is -1.11. The first-order chi connectivity index (χ1) is 26.9. The maximum atomic E-state index is 13.1. The molecule has 332 valence electrons. The highest BCUT2D eigenvalue weighted by atomic mass is 32.3. The first-order valence-corrected chi connectivity index (χ1v) is 23.5. The molecule has 8 atom stereocenters. The zero-order valence-electron chi connectivity index (χ0n) is 34.8. The zero-order chi connectivity index (χ0) is 41.4. The Labute approximate surface area is 339 Å². The molecule has 1 heterocycles. The summed E-state index contributed by atoms with van der Waals surface area (Å²) in [7, 11) is -5.11. The Balaban J connectivity index is 2.61. The van der Waals surface area contributed by atoms with Crippen molar-refractivity contribution in [3.63, 3.8) is 0 Å². The molecule has 0 aromatic rings. The Kier molecular flexibility index (Phi) is 31.7. The van der Waals surface area contributed by atoms with Gasteiger partial charge in [0.2, 0.25) is 5.91 Å². The number of allylic oxidation sites excluding steroid dienone is 1. The number of nitrogens with one attached hydrogen (secondary N) is 1. The van der Waals surface area contributed by atoms with Crippen LogP contribution in [0.5, 0.6) is 0 Å². The molecule has 0 aromatic heterocycles. The minimum atomic E-state index is -5.11. The van der Waals surface area contributed by atoms with Crippen LogP contribution in [0.3, 0.4) is 0 Å². The normalized spacial score (nSPS) is 22.0. The average Bonchev–Trinajstić information content (AvgIpc) is 3.16. The zero-order valence-corrected chi connectivity index (χ0v) is 35.6. The third kappa shape index (κ3) is 26.0. The molecule has 0 saturated carbocycles. The third-order valence-corrected chi connectivity index (χ3v) is 11.1. The Morgan fingerprint density at radius 3 is 1.61 bits per heavy atom. The fourth-order valence-electron chi connectivity index (χ4n) is 7.11. The monoisotopic (exact) mass is 824 g/mol. The molecule has 0 bridgehead atoms. The van der Waals surface area contributed by atoms with E-state index in [0.717, 1.165) is 38.5 Å². The molecular weight excluding hydrogens is 743 g/mol. The summed E-state index contributed by atoms with van der Waals surface area (Å²) in [4.78, 5) is 13.1. The number of unbranched alkanes of at least 4 members (excludes halogenated alkanes) is 24. The lowest BCUT2D eigenvalue weighted by Gasteiger charge is -2.41. The first kappa shape index (κ1) is 52.8. The molecule has 1 rings (SSSR count). The summed E-state index contributed by atoms with van der Waals surface area (Å²) in [5.41, 5.74) is 0. The molecule has 7 N–H and O–H groups in total. The van der Waals surface area contributed by atoms with Crippen molar-refractivity contribution < 1.29 is 57.0 Å². The van der Waals surface area contributed by atoms with E-state index in [1.807, 2.05) is 6.08 Å². The number of hydrogen-bond acceptors (Lipinski definition) is 11. The van der Waals surface area contributed by atoms with E-state index in [9.17, 15) is 38.7 Å². The predicted octanol–water partition coefficient (Wildman–Crippen LogP) is 6.97. The Morgan fingerprint density at radius 2 is 1.16 bits per heavy atom. The first-order valence-electron chi connectivity index (χ1n) is 22.2. The number of ether oxygens (including phenoxy) is 2. The van der Waals surface area contributed by atoms with E-state index in [4.69, 9.17) is 14.0 Å². The number of carbonyl (C=O) groups is 1. The van der Waals surface area contributed by atoms with Crippen molar-refractivity contribution in [3.8, 4) is 0 Å². The van der Waals surface area contributed by atoms with Crippen LogP contribution in [0.1, 0.15) is 187 Å². The van der Waals surface area contributed by atoms with Crippen molar-refractivity contribution in [1.82, 2.24) is 5.32 Å². The molecule has 0 aliphatic carbocycles. The van der Waals surface area contributed by atoms with Crippen molar-refractivity contribution in [1.29, 1.82) is 0 Å². The maximum Gasteiger partial charge on any atom is 0.397 e. The number of aliphatic hydroxyl groups excluding tert-OH is 5. The van der Waals surface area contributed by atoms with Gasteiger partial charge in [0, 0.05) is 0 Å². The average molecular weight is 824 g/mol. The molecule has 0 aromatic carbocycles. The maximum absolute atomic E-state index is 13.1. The molecule has 14 heteroatoms. The van der Waals surface area contributed by atoms with E-state index >= 15 is 0 Å². The summed E-state index contributed by atoms with van der Waals surface area (Å²) < 4.78 is 47.4. The van der Waals surface area contributed by atoms with Gasteiger partial charge < -0.3 is 40.3 Å². The second kappa shape index (κ2) is 33.6. The molecule has 1 aliphatic rings. The van der Waals surface area contributed by atoms with Crippen LogP contribution in [-0.2, 0) is 28.9 Å². The molecule has 8 unspecified atom stereocenters. The second-order valence-electron chi connectivity index (χ2n) is 15.8. The van der Waals surface area contributed by atoms with Crippen molar-refractivity contribution in [2.45, 2.75) is 236 Å². The highest BCUT2D eigenvalue weighted by molar-refractivity contribution is 7.80. The van der Waals surface area contributed by atoms with Gasteiger partial charge in [0.15, 0.2) is 6.29 Å². The van der Waals surface area contributed by atoms with E-state index in [1.165, 1.54) is 122 Å². The second-order valence-corrected chi connectivity index (χ2v) is 16.8. The number of carbonyl (C=O) groups excluding carboxylic acids is 1. The fraction of sp³-hybridized carbons (Fsp3) is 0.929. The Bertz CT molecular complexity index is 1080. The van der Waals surface area contributed by atoms with E-state index in [1.54, 1.807) is 0 Å². The van der Waals surface area contributed by atoms with Crippen LogP contribution in [0.4, 0.5) is 0 Å². The molecular formula is C42H81NO12S. The van der Waals surface area contributed by atoms with Crippen LogP contribution in [0.25, 0.3) is 0 Å². The van der Waals surface area contributed by atoms with E-state index in [2.05, 4.69) is 23.3 Å². The number of rotatable bonds is 37. The lowest BCUT2D eigenvalue weighted by Crippen LogP contribution is -2.61. The lowest BCUT2D eigenvalue weighted by molar-refractivity contribution is -0.298. The van der Waals surface area contributed by atoms with Crippen LogP contribution < -0.4 is 5.32 Å². The molecule has 1 fully saturated rings. The van der Waals surface area contributed by atoms with Gasteiger partial charge in [-0.05, 0) is 19.3 Å². The molecule has 0 spiro atoms. The fourth-order valence-corrected chi connectivity index (χ4v) is 7.62. The quantitative estimate of drug-likeness (QED) is 0.0192. The SMILES string of the molecule is CCCCCCCCCCCC/C=C/C(O)C(COC1OC(CO)C(O)C(OS(=O)(=O)O)C1O)NC(=O)C(O)CCCCCCCCCCCCCCCCC. The van der Waals surface area contributed by atoms with Crippen LogP contribution in [-0.4, -0.2) is 107 Å². The van der Waals surface area contributed by atoms with Crippen LogP contribution in [0.2, 0.25) is 0 Å². The molecule has 56 heavy (non-hydrogen) atoms. The van der Waals surface area contributed by atoms with Crippen molar-refractivity contribution in [2.75, 3.05) is 13.2 Å². The Hall–Kier alpha value is -1.20. The van der Waals surface area contributed by atoms with Gasteiger partial charge in [0.25, 0.3) is 0 Å². The molecule has 1 amide bonds. The van der Waals surface area contributed by atoms with Crippen molar-refractivity contribution >= 4 is 16.3 Å². The van der Waals surface area contributed by atoms with Gasteiger partial charge >= 0.3 is 10.4 Å². The lowest BCUT2D eigenvalue weighted by atomic mass is 9.99. The van der Waals surface area contributed by atoms with Gasteiger partial charge in [-0.2, -0.15) is 8.42 Å². The van der Waals surface area contributed by atoms with Crippen LogP contribution in [0, 0.1) is 0 Å². The van der Waals surface area contributed by atoms with Crippen LogP contribution >= 0.6 is 0 Å². The van der Waals surface area contributed by atoms with Gasteiger partial charge in [-0.1, -0.05) is 180 Å². The van der Waals surface area contributed by atoms with E-state index in [-0.39, 0.29) is 6.42 Å². The number of amides is 1. The third-order valence-electron chi connectivity index (χ3n) is 10.7. The standard InChI is InChI=1S/C42H81NO12S/c1-3-5-7-9-11-13-15-17-18-19-21-23-25-27-29-31-36(46)41(49)43-34(35(45)30-28-26-24-22-20-16-14-12-10-8-6-4-2)33-53-42-39(48)40(55-56(50,51)52)38(47)37(32-44)54-42/h28,30,34-40,42,44-48H,3-27,29,31-33H2,1-2H3,(H,43,49)(H,50,51,52)/b30-28+. The largest absolute Gasteiger partial charge is 0.397 e.